The van der Waals surface area contributed by atoms with Crippen molar-refractivity contribution < 1.29 is 13.2 Å². The molecule has 0 spiro atoms. The molecule has 15 heavy (non-hydrogen) atoms. The Hall–Kier alpha value is -1.36. The van der Waals surface area contributed by atoms with Crippen LogP contribution in [0, 0.1) is 6.92 Å². The van der Waals surface area contributed by atoms with Gasteiger partial charge in [-0.25, -0.2) is 13.4 Å². The quantitative estimate of drug-likeness (QED) is 0.758. The van der Waals surface area contributed by atoms with Gasteiger partial charge in [0.2, 0.25) is 9.84 Å². The van der Waals surface area contributed by atoms with Crippen LogP contribution < -0.4 is 0 Å². The number of aryl methyl sites for hydroxylation is 1. The van der Waals surface area contributed by atoms with Crippen LogP contribution in [0.3, 0.4) is 0 Å². The molecular weight excluding hydrogens is 214 g/mol. The first-order valence-corrected chi connectivity index (χ1v) is 6.09. The molecule has 0 fully saturated rings. The minimum absolute atomic E-state index is 0.107. The van der Waals surface area contributed by atoms with E-state index in [-0.39, 0.29) is 6.61 Å². The molecule has 0 N–H and O–H groups in total. The highest BCUT2D eigenvalue weighted by molar-refractivity contribution is 7.92. The second-order valence-corrected chi connectivity index (χ2v) is 5.51. The Labute approximate surface area is 88.5 Å². The van der Waals surface area contributed by atoms with Crippen LogP contribution in [0.5, 0.6) is 0 Å². The zero-order valence-corrected chi connectivity index (χ0v) is 9.07. The minimum Gasteiger partial charge on any atom is -0.480 e. The summed E-state index contributed by atoms with van der Waals surface area (Å²) in [7, 11) is -3.38. The molecule has 1 aromatic carbocycles. The molecule has 0 amide bonds. The van der Waals surface area contributed by atoms with E-state index in [0.29, 0.717) is 4.90 Å². The number of ether oxygens (including phenoxy) is 1. The standard InChI is InChI=1S/C10H11NO3S/c1-8-2-4-9(5-3-8)15(12,13)10-6-14-7-11-10/h2-5,7,10H,6H2,1H3. The Kier molecular flexibility index (Phi) is 2.48. The number of hydrogen-bond acceptors (Lipinski definition) is 4. The summed E-state index contributed by atoms with van der Waals surface area (Å²) in [6.45, 7) is 2.02. The second-order valence-electron chi connectivity index (χ2n) is 3.40. The largest absolute Gasteiger partial charge is 0.480 e. The maximum atomic E-state index is 12.0. The van der Waals surface area contributed by atoms with Gasteiger partial charge in [0.05, 0.1) is 4.90 Å². The van der Waals surface area contributed by atoms with E-state index in [1.807, 2.05) is 6.92 Å². The van der Waals surface area contributed by atoms with Gasteiger partial charge in [0.25, 0.3) is 0 Å². The molecule has 1 heterocycles. The van der Waals surface area contributed by atoms with Crippen molar-refractivity contribution in [3.63, 3.8) is 0 Å². The Morgan fingerprint density at radius 3 is 2.53 bits per heavy atom. The summed E-state index contributed by atoms with van der Waals surface area (Å²) >= 11 is 0. The molecule has 1 unspecified atom stereocenters. The van der Waals surface area contributed by atoms with Gasteiger partial charge < -0.3 is 4.74 Å². The summed E-state index contributed by atoms with van der Waals surface area (Å²) in [5, 5.41) is -0.791. The lowest BCUT2D eigenvalue weighted by Gasteiger charge is -2.07. The Morgan fingerprint density at radius 2 is 2.00 bits per heavy atom. The summed E-state index contributed by atoms with van der Waals surface area (Å²) in [6.07, 6.45) is 1.19. The zero-order valence-electron chi connectivity index (χ0n) is 8.25. The maximum absolute atomic E-state index is 12.0. The molecule has 1 aromatic rings. The fraction of sp³-hybridized carbons (Fsp3) is 0.300. The van der Waals surface area contributed by atoms with Crippen LogP contribution in [-0.4, -0.2) is 26.8 Å². The van der Waals surface area contributed by atoms with Crippen LogP contribution in [0.25, 0.3) is 0 Å². The third-order valence-electron chi connectivity index (χ3n) is 2.25. The lowest BCUT2D eigenvalue weighted by atomic mass is 10.2. The predicted molar refractivity (Wildman–Crippen MR) is 56.6 cm³/mol. The van der Waals surface area contributed by atoms with Crippen molar-refractivity contribution in [3.8, 4) is 0 Å². The summed E-state index contributed by atoms with van der Waals surface area (Å²) in [5.41, 5.74) is 1.03. The van der Waals surface area contributed by atoms with E-state index in [0.717, 1.165) is 5.56 Å². The van der Waals surface area contributed by atoms with Gasteiger partial charge in [-0.2, -0.15) is 0 Å². The number of aliphatic imine (C=N–C) groups is 1. The van der Waals surface area contributed by atoms with Gasteiger partial charge in [0.15, 0.2) is 11.8 Å². The average Bonchev–Trinajstić information content (AvgIpc) is 2.71. The molecule has 1 aliphatic heterocycles. The van der Waals surface area contributed by atoms with Gasteiger partial charge in [0, 0.05) is 0 Å². The average molecular weight is 225 g/mol. The minimum atomic E-state index is -3.38. The number of sulfone groups is 1. The van der Waals surface area contributed by atoms with Gasteiger partial charge in [-0.3, -0.25) is 0 Å². The molecule has 5 heteroatoms. The van der Waals surface area contributed by atoms with Crippen molar-refractivity contribution in [2.45, 2.75) is 17.2 Å². The maximum Gasteiger partial charge on any atom is 0.204 e. The molecule has 4 nitrogen and oxygen atoms in total. The number of hydrogen-bond donors (Lipinski definition) is 0. The van der Waals surface area contributed by atoms with Crippen LogP contribution in [-0.2, 0) is 14.6 Å². The van der Waals surface area contributed by atoms with Gasteiger partial charge >= 0.3 is 0 Å². The van der Waals surface area contributed by atoms with E-state index in [1.165, 1.54) is 6.40 Å². The second kappa shape index (κ2) is 3.66. The van der Waals surface area contributed by atoms with Crippen molar-refractivity contribution in [2.75, 3.05) is 6.61 Å². The molecule has 1 aliphatic rings. The van der Waals surface area contributed by atoms with E-state index < -0.39 is 15.2 Å². The van der Waals surface area contributed by atoms with Crippen LogP contribution in [0.1, 0.15) is 5.56 Å². The molecule has 2 rings (SSSR count). The molecule has 0 aromatic heterocycles. The highest BCUT2D eigenvalue weighted by Crippen LogP contribution is 2.19. The van der Waals surface area contributed by atoms with E-state index in [9.17, 15) is 8.42 Å². The van der Waals surface area contributed by atoms with Crippen LogP contribution >= 0.6 is 0 Å². The molecule has 0 radical (unpaired) electrons. The van der Waals surface area contributed by atoms with Gasteiger partial charge in [-0.05, 0) is 19.1 Å². The van der Waals surface area contributed by atoms with Crippen molar-refractivity contribution in [3.05, 3.63) is 29.8 Å². The fourth-order valence-electron chi connectivity index (χ4n) is 1.33. The molecule has 80 valence electrons. The lowest BCUT2D eigenvalue weighted by molar-refractivity contribution is 0.349. The highest BCUT2D eigenvalue weighted by atomic mass is 32.2. The molecule has 0 aliphatic carbocycles. The summed E-state index contributed by atoms with van der Waals surface area (Å²) in [5.74, 6) is 0. The smallest absolute Gasteiger partial charge is 0.204 e. The lowest BCUT2D eigenvalue weighted by Crippen LogP contribution is -2.20. The number of rotatable bonds is 2. The molecule has 0 saturated heterocycles. The number of benzene rings is 1. The topological polar surface area (TPSA) is 55.7 Å². The molecule has 1 atom stereocenters. The predicted octanol–water partition coefficient (Wildman–Crippen LogP) is 1.15. The summed E-state index contributed by atoms with van der Waals surface area (Å²) < 4.78 is 28.7. The monoisotopic (exact) mass is 225 g/mol. The SMILES string of the molecule is Cc1ccc(S(=O)(=O)C2COC=N2)cc1. The Bertz CT molecular complexity index is 476. The van der Waals surface area contributed by atoms with Crippen molar-refractivity contribution in [1.29, 1.82) is 0 Å². The van der Waals surface area contributed by atoms with Crippen molar-refractivity contribution >= 4 is 16.2 Å². The number of nitrogens with zero attached hydrogens (tertiary/aromatic N) is 1. The van der Waals surface area contributed by atoms with E-state index in [2.05, 4.69) is 4.99 Å². The van der Waals surface area contributed by atoms with Crippen molar-refractivity contribution in [1.82, 2.24) is 0 Å². The zero-order chi connectivity index (χ0) is 10.9. The Morgan fingerprint density at radius 1 is 1.33 bits per heavy atom. The highest BCUT2D eigenvalue weighted by Gasteiger charge is 2.29. The summed E-state index contributed by atoms with van der Waals surface area (Å²) in [6, 6.07) is 6.73. The van der Waals surface area contributed by atoms with Gasteiger partial charge in [-0.15, -0.1) is 0 Å². The van der Waals surface area contributed by atoms with E-state index in [1.54, 1.807) is 24.3 Å². The first kappa shape index (κ1) is 10.2. The molecular formula is C10H11NO3S. The first-order chi connectivity index (χ1) is 7.10. The van der Waals surface area contributed by atoms with Crippen LogP contribution in [0.4, 0.5) is 0 Å². The van der Waals surface area contributed by atoms with Crippen LogP contribution in [0.2, 0.25) is 0 Å². The van der Waals surface area contributed by atoms with Crippen molar-refractivity contribution in [2.24, 2.45) is 4.99 Å². The van der Waals surface area contributed by atoms with Gasteiger partial charge in [-0.1, -0.05) is 17.7 Å². The van der Waals surface area contributed by atoms with E-state index >= 15 is 0 Å². The van der Waals surface area contributed by atoms with Gasteiger partial charge in [0.1, 0.15) is 6.61 Å². The van der Waals surface area contributed by atoms with Crippen LogP contribution in [0.15, 0.2) is 34.2 Å². The summed E-state index contributed by atoms with van der Waals surface area (Å²) in [4.78, 5) is 4.06. The third-order valence-corrected chi connectivity index (χ3v) is 4.15. The normalized spacial score (nSPS) is 20.2. The molecule has 0 saturated carbocycles. The molecule has 0 bridgehead atoms. The first-order valence-electron chi connectivity index (χ1n) is 4.54. The fourth-order valence-corrected chi connectivity index (χ4v) is 2.63. The van der Waals surface area contributed by atoms with E-state index in [4.69, 9.17) is 4.74 Å². The Balaban J connectivity index is 2.37. The third kappa shape index (κ3) is 1.87.